The van der Waals surface area contributed by atoms with Gasteiger partial charge >= 0.3 is 0 Å². The van der Waals surface area contributed by atoms with Crippen molar-refractivity contribution in [3.63, 3.8) is 0 Å². The van der Waals surface area contributed by atoms with Crippen LogP contribution < -0.4 is 4.74 Å². The van der Waals surface area contributed by atoms with Gasteiger partial charge in [-0.2, -0.15) is 0 Å². The smallest absolute Gasteiger partial charge is 0.147 e. The number of aromatic nitrogens is 2. The van der Waals surface area contributed by atoms with Crippen LogP contribution in [-0.4, -0.2) is 9.97 Å². The summed E-state index contributed by atoms with van der Waals surface area (Å²) in [4.78, 5) is 8.05. The predicted octanol–water partition coefficient (Wildman–Crippen LogP) is 3.92. The molecule has 0 bridgehead atoms. The maximum atomic E-state index is 6.04. The van der Waals surface area contributed by atoms with Crippen molar-refractivity contribution in [3.05, 3.63) is 52.0 Å². The minimum absolute atomic E-state index is 0.356. The van der Waals surface area contributed by atoms with Crippen LogP contribution in [0.1, 0.15) is 18.2 Å². The summed E-state index contributed by atoms with van der Waals surface area (Å²) in [5, 5.41) is 1.13. The van der Waals surface area contributed by atoms with Crippen molar-refractivity contribution in [1.29, 1.82) is 0 Å². The minimum Gasteiger partial charge on any atom is -0.487 e. The Morgan fingerprint density at radius 2 is 2.00 bits per heavy atom. The summed E-state index contributed by atoms with van der Waals surface area (Å²) in [6, 6.07) is 5.61. The fourth-order valence-corrected chi connectivity index (χ4v) is 1.83. The lowest BCUT2D eigenvalue weighted by Crippen LogP contribution is -1.99. The number of nitrogens with zero attached hydrogens (tertiary/aromatic N) is 2. The number of halogens is 2. The third-order valence-corrected chi connectivity index (χ3v) is 3.02. The van der Waals surface area contributed by atoms with Crippen molar-refractivity contribution in [2.75, 3.05) is 0 Å². The highest BCUT2D eigenvalue weighted by atomic mass is 35.5. The summed E-state index contributed by atoms with van der Waals surface area (Å²) in [7, 11) is 0. The van der Waals surface area contributed by atoms with E-state index in [0.29, 0.717) is 11.8 Å². The molecule has 1 aromatic heterocycles. The van der Waals surface area contributed by atoms with Crippen molar-refractivity contribution < 1.29 is 4.74 Å². The first-order valence-electron chi connectivity index (χ1n) is 5.56. The highest BCUT2D eigenvalue weighted by Gasteiger charge is 2.02. The van der Waals surface area contributed by atoms with E-state index in [1.165, 1.54) is 6.20 Å². The van der Waals surface area contributed by atoms with E-state index in [4.69, 9.17) is 27.9 Å². The predicted molar refractivity (Wildman–Crippen MR) is 72.2 cm³/mol. The summed E-state index contributed by atoms with van der Waals surface area (Å²) < 4.78 is 5.63. The SMILES string of the molecule is CCc1cc(OCc2cnc(Cl)cn2)ccc1Cl. The first-order valence-corrected chi connectivity index (χ1v) is 6.32. The third-order valence-electron chi connectivity index (χ3n) is 2.46. The summed E-state index contributed by atoms with van der Waals surface area (Å²) in [5.74, 6) is 0.771. The molecule has 0 amide bonds. The minimum atomic E-state index is 0.356. The van der Waals surface area contributed by atoms with E-state index in [1.54, 1.807) is 6.20 Å². The van der Waals surface area contributed by atoms with Gasteiger partial charge in [-0.3, -0.25) is 4.98 Å². The molecule has 5 heteroatoms. The number of hydrogen-bond acceptors (Lipinski definition) is 3. The van der Waals surface area contributed by atoms with Crippen molar-refractivity contribution in [3.8, 4) is 5.75 Å². The lowest BCUT2D eigenvalue weighted by molar-refractivity contribution is 0.300. The van der Waals surface area contributed by atoms with E-state index in [1.807, 2.05) is 18.2 Å². The van der Waals surface area contributed by atoms with Gasteiger partial charge in [0.15, 0.2) is 0 Å². The summed E-state index contributed by atoms with van der Waals surface area (Å²) in [6.45, 7) is 2.41. The molecule has 0 aliphatic heterocycles. The molecule has 3 nitrogen and oxygen atoms in total. The lowest BCUT2D eigenvalue weighted by Gasteiger charge is -2.08. The van der Waals surface area contributed by atoms with Crippen molar-refractivity contribution in [2.24, 2.45) is 0 Å². The van der Waals surface area contributed by atoms with E-state index in [0.717, 1.165) is 28.5 Å². The Labute approximate surface area is 116 Å². The molecular formula is C13H12Cl2N2O. The van der Waals surface area contributed by atoms with Crippen LogP contribution in [0.15, 0.2) is 30.6 Å². The number of hydrogen-bond donors (Lipinski definition) is 0. The zero-order chi connectivity index (χ0) is 13.0. The molecule has 1 aromatic carbocycles. The highest BCUT2D eigenvalue weighted by Crippen LogP contribution is 2.23. The Balaban J connectivity index is 2.04. The number of aryl methyl sites for hydroxylation is 1. The number of benzene rings is 1. The number of ether oxygens (including phenoxy) is 1. The van der Waals surface area contributed by atoms with E-state index >= 15 is 0 Å². The van der Waals surface area contributed by atoms with Crippen LogP contribution in [0.5, 0.6) is 5.75 Å². The Hall–Kier alpha value is -1.32. The monoisotopic (exact) mass is 282 g/mol. The average molecular weight is 283 g/mol. The van der Waals surface area contributed by atoms with Crippen LogP contribution in [0.2, 0.25) is 10.2 Å². The summed E-state index contributed by atoms with van der Waals surface area (Å²) in [6.07, 6.45) is 3.97. The maximum absolute atomic E-state index is 6.04. The van der Waals surface area contributed by atoms with Crippen LogP contribution >= 0.6 is 23.2 Å². The molecule has 18 heavy (non-hydrogen) atoms. The molecular weight excluding hydrogens is 271 g/mol. The van der Waals surface area contributed by atoms with E-state index < -0.39 is 0 Å². The molecule has 2 rings (SSSR count). The molecule has 0 saturated heterocycles. The Kier molecular flexibility index (Phi) is 4.39. The van der Waals surface area contributed by atoms with E-state index in [9.17, 15) is 0 Å². The molecule has 0 aliphatic rings. The zero-order valence-electron chi connectivity index (χ0n) is 9.86. The van der Waals surface area contributed by atoms with Crippen LogP contribution in [-0.2, 0) is 13.0 Å². The standard InChI is InChI=1S/C13H12Cl2N2O/c1-2-9-5-11(3-4-12(9)14)18-8-10-6-17-13(15)7-16-10/h3-7H,2,8H2,1H3. The van der Waals surface area contributed by atoms with Gasteiger partial charge in [-0.05, 0) is 30.2 Å². The van der Waals surface area contributed by atoms with E-state index in [-0.39, 0.29) is 0 Å². The maximum Gasteiger partial charge on any atom is 0.147 e. The van der Waals surface area contributed by atoms with Crippen LogP contribution in [0.3, 0.4) is 0 Å². The quantitative estimate of drug-likeness (QED) is 0.852. The molecule has 0 fully saturated rings. The van der Waals surface area contributed by atoms with Crippen LogP contribution in [0, 0.1) is 0 Å². The lowest BCUT2D eigenvalue weighted by atomic mass is 10.1. The van der Waals surface area contributed by atoms with Crippen LogP contribution in [0.4, 0.5) is 0 Å². The summed E-state index contributed by atoms with van der Waals surface area (Å²) >= 11 is 11.7. The normalized spacial score (nSPS) is 10.4. The van der Waals surface area contributed by atoms with Crippen molar-refractivity contribution in [1.82, 2.24) is 9.97 Å². The number of rotatable bonds is 4. The Bertz CT molecular complexity index is 529. The third kappa shape index (κ3) is 3.34. The fraction of sp³-hybridized carbons (Fsp3) is 0.231. The van der Waals surface area contributed by atoms with Gasteiger partial charge in [-0.15, -0.1) is 0 Å². The Morgan fingerprint density at radius 1 is 1.17 bits per heavy atom. The molecule has 94 valence electrons. The molecule has 1 heterocycles. The van der Waals surface area contributed by atoms with Gasteiger partial charge in [0.25, 0.3) is 0 Å². The van der Waals surface area contributed by atoms with Gasteiger partial charge in [0.1, 0.15) is 17.5 Å². The zero-order valence-corrected chi connectivity index (χ0v) is 11.4. The molecule has 0 aliphatic carbocycles. The largest absolute Gasteiger partial charge is 0.487 e. The van der Waals surface area contributed by atoms with Gasteiger partial charge in [0.2, 0.25) is 0 Å². The first-order chi connectivity index (χ1) is 8.69. The second-order valence-electron chi connectivity index (χ2n) is 3.73. The van der Waals surface area contributed by atoms with Gasteiger partial charge < -0.3 is 4.74 Å². The second kappa shape index (κ2) is 6.03. The second-order valence-corrected chi connectivity index (χ2v) is 4.52. The summed E-state index contributed by atoms with van der Waals surface area (Å²) in [5.41, 5.74) is 1.80. The fourth-order valence-electron chi connectivity index (χ4n) is 1.48. The van der Waals surface area contributed by atoms with Gasteiger partial charge in [-0.25, -0.2) is 4.98 Å². The van der Waals surface area contributed by atoms with Gasteiger partial charge in [0.05, 0.1) is 18.1 Å². The van der Waals surface area contributed by atoms with Gasteiger partial charge in [0, 0.05) is 5.02 Å². The molecule has 0 atom stereocenters. The highest BCUT2D eigenvalue weighted by molar-refractivity contribution is 6.31. The average Bonchev–Trinajstić information content (AvgIpc) is 2.39. The molecule has 0 unspecified atom stereocenters. The molecule has 0 spiro atoms. The first kappa shape index (κ1) is 13.1. The Morgan fingerprint density at radius 3 is 2.67 bits per heavy atom. The van der Waals surface area contributed by atoms with E-state index in [2.05, 4.69) is 16.9 Å². The molecule has 0 N–H and O–H groups in total. The van der Waals surface area contributed by atoms with Gasteiger partial charge in [-0.1, -0.05) is 30.1 Å². The molecule has 2 aromatic rings. The molecule has 0 saturated carbocycles. The topological polar surface area (TPSA) is 35.0 Å². The molecule has 0 radical (unpaired) electrons. The van der Waals surface area contributed by atoms with Crippen molar-refractivity contribution >= 4 is 23.2 Å². The van der Waals surface area contributed by atoms with Crippen molar-refractivity contribution in [2.45, 2.75) is 20.0 Å². The van der Waals surface area contributed by atoms with Crippen LogP contribution in [0.25, 0.3) is 0 Å².